The lowest BCUT2D eigenvalue weighted by atomic mass is 9.63. The van der Waals surface area contributed by atoms with Gasteiger partial charge in [-0.15, -0.1) is 0 Å². The molecule has 2 aliphatic rings. The summed E-state index contributed by atoms with van der Waals surface area (Å²) in [5.74, 6) is -0.731. The van der Waals surface area contributed by atoms with E-state index in [4.69, 9.17) is 5.11 Å². The Kier molecular flexibility index (Phi) is 2.52. The summed E-state index contributed by atoms with van der Waals surface area (Å²) in [7, 11) is 0. The molecular formula is C11H19NO2. The second-order valence-electron chi connectivity index (χ2n) is 4.89. The highest BCUT2D eigenvalue weighted by atomic mass is 16.4. The van der Waals surface area contributed by atoms with Gasteiger partial charge in [0.05, 0.1) is 0 Å². The third-order valence-electron chi connectivity index (χ3n) is 4.09. The Morgan fingerprint density at radius 3 is 2.50 bits per heavy atom. The van der Waals surface area contributed by atoms with Gasteiger partial charge in [-0.2, -0.15) is 0 Å². The van der Waals surface area contributed by atoms with Crippen molar-refractivity contribution in [3.8, 4) is 0 Å². The fourth-order valence-corrected chi connectivity index (χ4v) is 3.01. The van der Waals surface area contributed by atoms with Crippen LogP contribution in [0.1, 0.15) is 45.4 Å². The van der Waals surface area contributed by atoms with Gasteiger partial charge in [0.1, 0.15) is 6.04 Å². The molecule has 3 nitrogen and oxygen atoms in total. The van der Waals surface area contributed by atoms with Crippen molar-refractivity contribution >= 4 is 5.97 Å². The molecule has 2 saturated carbocycles. The fourth-order valence-electron chi connectivity index (χ4n) is 3.01. The SMILES string of the molecule is CC(NC1CCC12CCCC2)C(=O)O. The minimum Gasteiger partial charge on any atom is -0.480 e. The molecular weight excluding hydrogens is 178 g/mol. The molecule has 0 aromatic carbocycles. The molecule has 0 radical (unpaired) electrons. The minimum atomic E-state index is -0.731. The number of hydrogen-bond acceptors (Lipinski definition) is 2. The summed E-state index contributed by atoms with van der Waals surface area (Å²) in [6, 6.07) is 0.0777. The molecule has 0 aromatic rings. The quantitative estimate of drug-likeness (QED) is 0.725. The van der Waals surface area contributed by atoms with Crippen molar-refractivity contribution in [3.05, 3.63) is 0 Å². The fraction of sp³-hybridized carbons (Fsp3) is 0.909. The molecule has 80 valence electrons. The summed E-state index contributed by atoms with van der Waals surface area (Å²) in [5.41, 5.74) is 0.476. The third kappa shape index (κ3) is 1.54. The molecule has 0 saturated heterocycles. The standard InChI is InChI=1S/C11H19NO2/c1-8(10(13)14)12-9-4-7-11(9)5-2-3-6-11/h8-9,12H,2-7H2,1H3,(H,13,14). The van der Waals surface area contributed by atoms with E-state index in [2.05, 4.69) is 5.32 Å². The van der Waals surface area contributed by atoms with Crippen LogP contribution in [-0.4, -0.2) is 23.2 Å². The number of carboxylic acids is 1. The normalized spacial score (nSPS) is 31.4. The summed E-state index contributed by atoms with van der Waals surface area (Å²) >= 11 is 0. The van der Waals surface area contributed by atoms with Crippen molar-refractivity contribution in [3.63, 3.8) is 0 Å². The maximum absolute atomic E-state index is 10.7. The summed E-state index contributed by atoms with van der Waals surface area (Å²) in [5, 5.41) is 12.1. The Bertz CT molecular complexity index is 233. The van der Waals surface area contributed by atoms with Crippen LogP contribution in [0.4, 0.5) is 0 Å². The van der Waals surface area contributed by atoms with E-state index >= 15 is 0 Å². The highest BCUT2D eigenvalue weighted by molar-refractivity contribution is 5.72. The lowest BCUT2D eigenvalue weighted by Crippen LogP contribution is -2.56. The maximum Gasteiger partial charge on any atom is 0.320 e. The van der Waals surface area contributed by atoms with Gasteiger partial charge in [0, 0.05) is 6.04 Å². The Morgan fingerprint density at radius 2 is 2.07 bits per heavy atom. The Hall–Kier alpha value is -0.570. The Balaban J connectivity index is 1.90. The van der Waals surface area contributed by atoms with E-state index in [1.807, 2.05) is 0 Å². The van der Waals surface area contributed by atoms with Crippen LogP contribution in [0.5, 0.6) is 0 Å². The third-order valence-corrected chi connectivity index (χ3v) is 4.09. The number of carboxylic acid groups (broad SMARTS) is 1. The first-order chi connectivity index (χ1) is 6.64. The molecule has 2 N–H and O–H groups in total. The molecule has 0 bridgehead atoms. The second kappa shape index (κ2) is 3.54. The van der Waals surface area contributed by atoms with E-state index in [-0.39, 0.29) is 0 Å². The molecule has 3 heteroatoms. The molecule has 2 fully saturated rings. The van der Waals surface area contributed by atoms with E-state index in [1.165, 1.54) is 32.1 Å². The molecule has 2 atom stereocenters. The average molecular weight is 197 g/mol. The zero-order valence-corrected chi connectivity index (χ0v) is 8.75. The van der Waals surface area contributed by atoms with Gasteiger partial charge in [-0.1, -0.05) is 12.8 Å². The van der Waals surface area contributed by atoms with Gasteiger partial charge in [0.2, 0.25) is 0 Å². The van der Waals surface area contributed by atoms with E-state index in [1.54, 1.807) is 6.92 Å². The topological polar surface area (TPSA) is 49.3 Å². The zero-order valence-electron chi connectivity index (χ0n) is 8.75. The Morgan fingerprint density at radius 1 is 1.43 bits per heavy atom. The molecule has 1 spiro atoms. The summed E-state index contributed by atoms with van der Waals surface area (Å²) in [4.78, 5) is 10.7. The van der Waals surface area contributed by atoms with Crippen LogP contribution >= 0.6 is 0 Å². The van der Waals surface area contributed by atoms with Gasteiger partial charge in [0.15, 0.2) is 0 Å². The number of nitrogens with one attached hydrogen (secondary N) is 1. The average Bonchev–Trinajstić information content (AvgIpc) is 2.62. The highest BCUT2D eigenvalue weighted by Crippen LogP contribution is 2.53. The van der Waals surface area contributed by atoms with E-state index in [9.17, 15) is 4.79 Å². The smallest absolute Gasteiger partial charge is 0.320 e. The summed E-state index contributed by atoms with van der Waals surface area (Å²) < 4.78 is 0. The van der Waals surface area contributed by atoms with E-state index in [0.29, 0.717) is 11.5 Å². The number of carbonyl (C=O) groups is 1. The van der Waals surface area contributed by atoms with Gasteiger partial charge in [-0.25, -0.2) is 0 Å². The predicted octanol–water partition coefficient (Wildman–Crippen LogP) is 1.77. The first-order valence-electron chi connectivity index (χ1n) is 5.63. The molecule has 2 rings (SSSR count). The van der Waals surface area contributed by atoms with Crippen LogP contribution in [-0.2, 0) is 4.79 Å². The van der Waals surface area contributed by atoms with Crippen molar-refractivity contribution < 1.29 is 9.90 Å². The van der Waals surface area contributed by atoms with Gasteiger partial charge in [0.25, 0.3) is 0 Å². The predicted molar refractivity (Wildman–Crippen MR) is 54.2 cm³/mol. The van der Waals surface area contributed by atoms with Crippen LogP contribution in [0.3, 0.4) is 0 Å². The minimum absolute atomic E-state index is 0.391. The first-order valence-corrected chi connectivity index (χ1v) is 5.63. The van der Waals surface area contributed by atoms with Gasteiger partial charge in [-0.3, -0.25) is 4.79 Å². The van der Waals surface area contributed by atoms with Crippen LogP contribution < -0.4 is 5.32 Å². The summed E-state index contributed by atoms with van der Waals surface area (Å²) in [6.07, 6.45) is 7.74. The number of hydrogen-bond donors (Lipinski definition) is 2. The first kappa shape index (κ1) is 9.97. The van der Waals surface area contributed by atoms with Crippen molar-refractivity contribution in [2.45, 2.75) is 57.5 Å². The van der Waals surface area contributed by atoms with Crippen LogP contribution in [0, 0.1) is 5.41 Å². The molecule has 2 aliphatic carbocycles. The lowest BCUT2D eigenvalue weighted by molar-refractivity contribution is -0.139. The molecule has 0 heterocycles. The number of rotatable bonds is 3. The highest BCUT2D eigenvalue weighted by Gasteiger charge is 2.48. The van der Waals surface area contributed by atoms with E-state index in [0.717, 1.165) is 6.42 Å². The maximum atomic E-state index is 10.7. The van der Waals surface area contributed by atoms with E-state index < -0.39 is 12.0 Å². The van der Waals surface area contributed by atoms with Gasteiger partial charge < -0.3 is 10.4 Å². The van der Waals surface area contributed by atoms with Crippen molar-refractivity contribution in [1.82, 2.24) is 5.32 Å². The Labute approximate surface area is 84.9 Å². The van der Waals surface area contributed by atoms with Gasteiger partial charge >= 0.3 is 5.97 Å². The van der Waals surface area contributed by atoms with Crippen LogP contribution in [0.15, 0.2) is 0 Å². The number of aliphatic carboxylic acids is 1. The molecule has 2 unspecified atom stereocenters. The van der Waals surface area contributed by atoms with Crippen LogP contribution in [0.25, 0.3) is 0 Å². The van der Waals surface area contributed by atoms with Crippen molar-refractivity contribution in [1.29, 1.82) is 0 Å². The molecule has 0 aromatic heterocycles. The van der Waals surface area contributed by atoms with Crippen molar-refractivity contribution in [2.24, 2.45) is 5.41 Å². The largest absolute Gasteiger partial charge is 0.480 e. The van der Waals surface area contributed by atoms with Crippen molar-refractivity contribution in [2.75, 3.05) is 0 Å². The zero-order chi connectivity index (χ0) is 10.2. The molecule has 0 amide bonds. The second-order valence-corrected chi connectivity index (χ2v) is 4.89. The summed E-state index contributed by atoms with van der Waals surface area (Å²) in [6.45, 7) is 1.74. The molecule has 14 heavy (non-hydrogen) atoms. The monoisotopic (exact) mass is 197 g/mol. The molecule has 0 aliphatic heterocycles. The van der Waals surface area contributed by atoms with Gasteiger partial charge in [-0.05, 0) is 38.0 Å². The lowest BCUT2D eigenvalue weighted by Gasteiger charge is -2.48. The van der Waals surface area contributed by atoms with Crippen LogP contribution in [0.2, 0.25) is 0 Å².